The van der Waals surface area contributed by atoms with Crippen molar-refractivity contribution in [1.82, 2.24) is 10.6 Å². The van der Waals surface area contributed by atoms with Crippen molar-refractivity contribution < 1.29 is 24.2 Å². The third-order valence-electron chi connectivity index (χ3n) is 2.78. The Morgan fingerprint density at radius 1 is 1.15 bits per heavy atom. The molecule has 0 bridgehead atoms. The number of aliphatic carboxylic acids is 1. The molecule has 7 heteroatoms. The van der Waals surface area contributed by atoms with Crippen LogP contribution < -0.4 is 10.6 Å². The van der Waals surface area contributed by atoms with Gasteiger partial charge in [0.05, 0.1) is 12.6 Å². The number of amides is 2. The topological polar surface area (TPSA) is 96.9 Å². The second kappa shape index (κ2) is 11.5. The van der Waals surface area contributed by atoms with Crippen LogP contribution in [-0.4, -0.2) is 56.6 Å². The van der Waals surface area contributed by atoms with E-state index >= 15 is 0 Å². The van der Waals surface area contributed by atoms with Crippen molar-refractivity contribution >= 4 is 12.0 Å². The zero-order valence-corrected chi connectivity index (χ0v) is 12.5. The standard InChI is InChI=1S/C13H26N2O5/c1-4-6-10(9-20-3)14-13(18)15-11(12(16)17)7-5-8-19-2/h10-11H,4-9H2,1-3H3,(H,16,17)(H2,14,15,18). The molecular weight excluding hydrogens is 264 g/mol. The molecule has 0 aliphatic heterocycles. The van der Waals surface area contributed by atoms with Crippen molar-refractivity contribution in [1.29, 1.82) is 0 Å². The number of methoxy groups -OCH3 is 2. The first-order valence-corrected chi connectivity index (χ1v) is 6.82. The van der Waals surface area contributed by atoms with Crippen LogP contribution in [0.2, 0.25) is 0 Å². The Bertz CT molecular complexity index is 280. The molecule has 2 unspecified atom stereocenters. The summed E-state index contributed by atoms with van der Waals surface area (Å²) in [7, 11) is 3.11. The molecular formula is C13H26N2O5. The summed E-state index contributed by atoms with van der Waals surface area (Å²) in [5.41, 5.74) is 0. The van der Waals surface area contributed by atoms with Crippen molar-refractivity contribution in [3.63, 3.8) is 0 Å². The Labute approximate surface area is 120 Å². The monoisotopic (exact) mass is 290 g/mol. The van der Waals surface area contributed by atoms with Gasteiger partial charge in [0.2, 0.25) is 0 Å². The quantitative estimate of drug-likeness (QED) is 0.493. The van der Waals surface area contributed by atoms with Gasteiger partial charge in [-0.05, 0) is 19.3 Å². The fourth-order valence-electron chi connectivity index (χ4n) is 1.82. The molecule has 0 aromatic carbocycles. The molecule has 7 nitrogen and oxygen atoms in total. The molecule has 0 rings (SSSR count). The Hall–Kier alpha value is -1.34. The van der Waals surface area contributed by atoms with Gasteiger partial charge < -0.3 is 25.2 Å². The first-order valence-electron chi connectivity index (χ1n) is 6.82. The molecule has 2 amide bonds. The number of nitrogens with one attached hydrogen (secondary N) is 2. The summed E-state index contributed by atoms with van der Waals surface area (Å²) >= 11 is 0. The van der Waals surface area contributed by atoms with E-state index in [1.165, 1.54) is 0 Å². The van der Waals surface area contributed by atoms with Gasteiger partial charge in [0.25, 0.3) is 0 Å². The maximum absolute atomic E-state index is 11.8. The molecule has 0 radical (unpaired) electrons. The number of carbonyl (C=O) groups excluding carboxylic acids is 1. The molecule has 0 aromatic rings. The fourth-order valence-corrected chi connectivity index (χ4v) is 1.82. The molecule has 0 spiro atoms. The molecule has 20 heavy (non-hydrogen) atoms. The van der Waals surface area contributed by atoms with Gasteiger partial charge in [-0.2, -0.15) is 0 Å². The van der Waals surface area contributed by atoms with Gasteiger partial charge in [-0.15, -0.1) is 0 Å². The third kappa shape index (κ3) is 8.71. The largest absolute Gasteiger partial charge is 0.480 e. The first-order chi connectivity index (χ1) is 9.54. The number of ether oxygens (including phenoxy) is 2. The SMILES string of the molecule is CCCC(COC)NC(=O)NC(CCCOC)C(=O)O. The molecule has 118 valence electrons. The number of carboxylic acids is 1. The first kappa shape index (κ1) is 18.7. The van der Waals surface area contributed by atoms with Gasteiger partial charge in [-0.25, -0.2) is 9.59 Å². The maximum Gasteiger partial charge on any atom is 0.326 e. The summed E-state index contributed by atoms with van der Waals surface area (Å²) in [6, 6.07) is -1.50. The van der Waals surface area contributed by atoms with Gasteiger partial charge in [0.15, 0.2) is 0 Å². The Morgan fingerprint density at radius 2 is 1.85 bits per heavy atom. The lowest BCUT2D eigenvalue weighted by molar-refractivity contribution is -0.139. The van der Waals surface area contributed by atoms with Gasteiger partial charge in [0, 0.05) is 20.8 Å². The zero-order valence-electron chi connectivity index (χ0n) is 12.5. The lowest BCUT2D eigenvalue weighted by Crippen LogP contribution is -2.50. The molecule has 0 aliphatic carbocycles. The van der Waals surface area contributed by atoms with E-state index in [2.05, 4.69) is 10.6 Å². The van der Waals surface area contributed by atoms with E-state index in [0.29, 0.717) is 26.1 Å². The number of carboxylic acid groups (broad SMARTS) is 1. The highest BCUT2D eigenvalue weighted by Crippen LogP contribution is 2.00. The molecule has 0 aliphatic rings. The summed E-state index contributed by atoms with van der Waals surface area (Å²) in [4.78, 5) is 22.8. The van der Waals surface area contributed by atoms with Gasteiger partial charge in [-0.3, -0.25) is 0 Å². The second-order valence-corrected chi connectivity index (χ2v) is 4.58. The fraction of sp³-hybridized carbons (Fsp3) is 0.846. The van der Waals surface area contributed by atoms with Crippen LogP contribution in [0.25, 0.3) is 0 Å². The summed E-state index contributed by atoms with van der Waals surface area (Å²) < 4.78 is 9.88. The molecule has 0 fully saturated rings. The van der Waals surface area contributed by atoms with Crippen LogP contribution in [0.1, 0.15) is 32.6 Å². The number of hydrogen-bond acceptors (Lipinski definition) is 4. The highest BCUT2D eigenvalue weighted by atomic mass is 16.5. The normalized spacial score (nSPS) is 13.6. The number of carbonyl (C=O) groups is 2. The van der Waals surface area contributed by atoms with E-state index in [1.807, 2.05) is 6.92 Å². The smallest absolute Gasteiger partial charge is 0.326 e. The van der Waals surface area contributed by atoms with Crippen LogP contribution in [0.5, 0.6) is 0 Å². The van der Waals surface area contributed by atoms with Crippen molar-refractivity contribution in [2.75, 3.05) is 27.4 Å². The number of hydrogen-bond donors (Lipinski definition) is 3. The minimum Gasteiger partial charge on any atom is -0.480 e. The van der Waals surface area contributed by atoms with Crippen molar-refractivity contribution in [3.8, 4) is 0 Å². The van der Waals surface area contributed by atoms with E-state index < -0.39 is 18.0 Å². The van der Waals surface area contributed by atoms with E-state index in [1.54, 1.807) is 14.2 Å². The van der Waals surface area contributed by atoms with Crippen LogP contribution in [0.15, 0.2) is 0 Å². The molecule has 2 atom stereocenters. The summed E-state index contributed by atoms with van der Waals surface area (Å²) in [6.45, 7) is 2.88. The number of urea groups is 1. The lowest BCUT2D eigenvalue weighted by atomic mass is 10.1. The Morgan fingerprint density at radius 3 is 2.35 bits per heavy atom. The van der Waals surface area contributed by atoms with E-state index in [-0.39, 0.29) is 6.04 Å². The van der Waals surface area contributed by atoms with Gasteiger partial charge in [0.1, 0.15) is 6.04 Å². The van der Waals surface area contributed by atoms with Crippen molar-refractivity contribution in [2.24, 2.45) is 0 Å². The molecule has 3 N–H and O–H groups in total. The summed E-state index contributed by atoms with van der Waals surface area (Å²) in [5, 5.41) is 14.2. The van der Waals surface area contributed by atoms with Crippen molar-refractivity contribution in [3.05, 3.63) is 0 Å². The molecule has 0 saturated heterocycles. The minimum absolute atomic E-state index is 0.113. The lowest BCUT2D eigenvalue weighted by Gasteiger charge is -2.20. The third-order valence-corrected chi connectivity index (χ3v) is 2.78. The second-order valence-electron chi connectivity index (χ2n) is 4.58. The number of rotatable bonds is 11. The predicted octanol–water partition coefficient (Wildman–Crippen LogP) is 0.981. The maximum atomic E-state index is 11.8. The minimum atomic E-state index is -1.05. The van der Waals surface area contributed by atoms with Crippen LogP contribution in [-0.2, 0) is 14.3 Å². The molecule has 0 saturated carbocycles. The summed E-state index contributed by atoms with van der Waals surface area (Å²) in [5.74, 6) is -1.05. The zero-order chi connectivity index (χ0) is 15.4. The van der Waals surface area contributed by atoms with Gasteiger partial charge in [-0.1, -0.05) is 13.3 Å². The molecule has 0 heterocycles. The van der Waals surface area contributed by atoms with Crippen molar-refractivity contribution in [2.45, 2.75) is 44.7 Å². The van der Waals surface area contributed by atoms with E-state index in [9.17, 15) is 9.59 Å². The predicted molar refractivity (Wildman–Crippen MR) is 74.8 cm³/mol. The van der Waals surface area contributed by atoms with Gasteiger partial charge >= 0.3 is 12.0 Å². The average Bonchev–Trinajstić information content (AvgIpc) is 2.38. The Kier molecular flexibility index (Phi) is 10.7. The van der Waals surface area contributed by atoms with Crippen LogP contribution in [0.3, 0.4) is 0 Å². The highest BCUT2D eigenvalue weighted by molar-refractivity contribution is 5.82. The van der Waals surface area contributed by atoms with Crippen LogP contribution in [0, 0.1) is 0 Å². The molecule has 0 aromatic heterocycles. The van der Waals surface area contributed by atoms with Crippen LogP contribution >= 0.6 is 0 Å². The van der Waals surface area contributed by atoms with Crippen LogP contribution in [0.4, 0.5) is 4.79 Å². The van der Waals surface area contributed by atoms with E-state index in [4.69, 9.17) is 14.6 Å². The van der Waals surface area contributed by atoms with E-state index in [0.717, 1.165) is 12.8 Å². The Balaban J connectivity index is 4.25. The highest BCUT2D eigenvalue weighted by Gasteiger charge is 2.20. The summed E-state index contributed by atoms with van der Waals surface area (Å²) in [6.07, 6.45) is 2.59. The average molecular weight is 290 g/mol.